The molecule has 0 saturated heterocycles. The summed E-state index contributed by atoms with van der Waals surface area (Å²) in [6.07, 6.45) is 2.55. The highest BCUT2D eigenvalue weighted by atomic mass is 16.5. The first kappa shape index (κ1) is 19.7. The van der Waals surface area contributed by atoms with Crippen molar-refractivity contribution in [2.45, 2.75) is 38.3 Å². The number of aliphatic carboxylic acids is 1. The lowest BCUT2D eigenvalue weighted by atomic mass is 9.86. The van der Waals surface area contributed by atoms with Crippen LogP contribution in [0.1, 0.15) is 31.2 Å². The Bertz CT molecular complexity index is 785. The van der Waals surface area contributed by atoms with Crippen LogP contribution < -0.4 is 14.8 Å². The van der Waals surface area contributed by atoms with Gasteiger partial charge in [0.25, 0.3) is 5.91 Å². The molecule has 1 amide bonds. The predicted octanol–water partition coefficient (Wildman–Crippen LogP) is 3.40. The summed E-state index contributed by atoms with van der Waals surface area (Å²) < 4.78 is 11.5. The highest BCUT2D eigenvalue weighted by molar-refractivity contribution is 5.78. The zero-order valence-electron chi connectivity index (χ0n) is 15.7. The van der Waals surface area contributed by atoms with Crippen LogP contribution in [0.2, 0.25) is 0 Å². The van der Waals surface area contributed by atoms with E-state index in [0.29, 0.717) is 43.8 Å². The van der Waals surface area contributed by atoms with Crippen LogP contribution in [0.15, 0.2) is 54.6 Å². The van der Waals surface area contributed by atoms with Crippen LogP contribution in [-0.4, -0.2) is 29.6 Å². The van der Waals surface area contributed by atoms with Crippen molar-refractivity contribution in [3.8, 4) is 11.5 Å². The molecule has 1 aliphatic carbocycles. The molecule has 6 heteroatoms. The molecule has 0 bridgehead atoms. The highest BCUT2D eigenvalue weighted by Gasteiger charge is 2.26. The van der Waals surface area contributed by atoms with Gasteiger partial charge in [0.1, 0.15) is 6.61 Å². The number of nitrogens with one attached hydrogen (secondary N) is 1. The predicted molar refractivity (Wildman–Crippen MR) is 104 cm³/mol. The number of rotatable bonds is 8. The minimum Gasteiger partial charge on any atom is -0.485 e. The van der Waals surface area contributed by atoms with E-state index in [2.05, 4.69) is 5.32 Å². The summed E-state index contributed by atoms with van der Waals surface area (Å²) in [6, 6.07) is 17.1. The molecule has 0 heterocycles. The lowest BCUT2D eigenvalue weighted by Crippen LogP contribution is -2.40. The molecule has 2 N–H and O–H groups in total. The van der Waals surface area contributed by atoms with Gasteiger partial charge in [-0.1, -0.05) is 42.5 Å². The largest absolute Gasteiger partial charge is 0.485 e. The van der Waals surface area contributed by atoms with E-state index in [1.54, 1.807) is 6.07 Å². The third-order valence-corrected chi connectivity index (χ3v) is 4.89. The van der Waals surface area contributed by atoms with Gasteiger partial charge in [0.05, 0.1) is 5.92 Å². The molecule has 0 radical (unpaired) electrons. The Morgan fingerprint density at radius 2 is 1.50 bits per heavy atom. The zero-order chi connectivity index (χ0) is 19.8. The molecule has 1 fully saturated rings. The summed E-state index contributed by atoms with van der Waals surface area (Å²) in [5.74, 6) is -0.154. The van der Waals surface area contributed by atoms with E-state index in [-0.39, 0.29) is 24.5 Å². The monoisotopic (exact) mass is 383 g/mol. The third kappa shape index (κ3) is 5.74. The number of hydrogen-bond donors (Lipinski definition) is 2. The summed E-state index contributed by atoms with van der Waals surface area (Å²) in [7, 11) is 0. The Morgan fingerprint density at radius 1 is 0.893 bits per heavy atom. The molecule has 6 nitrogen and oxygen atoms in total. The Labute approximate surface area is 164 Å². The van der Waals surface area contributed by atoms with Crippen LogP contribution in [0.3, 0.4) is 0 Å². The molecule has 2 aromatic carbocycles. The smallest absolute Gasteiger partial charge is 0.306 e. The molecule has 148 valence electrons. The van der Waals surface area contributed by atoms with Gasteiger partial charge in [-0.05, 0) is 43.4 Å². The van der Waals surface area contributed by atoms with Crippen molar-refractivity contribution < 1.29 is 24.2 Å². The molecule has 3 rings (SSSR count). The fourth-order valence-electron chi connectivity index (χ4n) is 3.32. The van der Waals surface area contributed by atoms with Gasteiger partial charge in [0.15, 0.2) is 18.1 Å². The molecular weight excluding hydrogens is 358 g/mol. The van der Waals surface area contributed by atoms with Crippen LogP contribution in [0.4, 0.5) is 0 Å². The zero-order valence-corrected chi connectivity index (χ0v) is 15.7. The molecule has 0 aliphatic heterocycles. The summed E-state index contributed by atoms with van der Waals surface area (Å²) in [5.41, 5.74) is 1.05. The van der Waals surface area contributed by atoms with E-state index >= 15 is 0 Å². The quantitative estimate of drug-likeness (QED) is 0.730. The number of benzene rings is 2. The standard InChI is InChI=1S/C22H25NO5/c24-21(23-18-12-10-17(11-13-18)22(25)26)15-28-20-9-5-4-8-19(20)27-14-16-6-2-1-3-7-16/h1-9,17-18H,10-15H2,(H,23,24)(H,25,26). The molecule has 1 aliphatic rings. The number of carboxylic acid groups (broad SMARTS) is 1. The Kier molecular flexibility index (Phi) is 6.89. The summed E-state index contributed by atoms with van der Waals surface area (Å²) in [6.45, 7) is 0.310. The number of amides is 1. The Morgan fingerprint density at radius 3 is 2.14 bits per heavy atom. The average Bonchev–Trinajstić information content (AvgIpc) is 2.72. The number of ether oxygens (including phenoxy) is 2. The van der Waals surface area contributed by atoms with E-state index in [1.807, 2.05) is 48.5 Å². The van der Waals surface area contributed by atoms with E-state index in [1.165, 1.54) is 0 Å². The van der Waals surface area contributed by atoms with Crippen molar-refractivity contribution in [2.24, 2.45) is 5.92 Å². The first-order chi connectivity index (χ1) is 13.6. The Hall–Kier alpha value is -3.02. The number of carbonyl (C=O) groups is 2. The lowest BCUT2D eigenvalue weighted by Gasteiger charge is -2.26. The van der Waals surface area contributed by atoms with Crippen LogP contribution in [0, 0.1) is 5.92 Å². The molecule has 0 unspecified atom stereocenters. The number of hydrogen-bond acceptors (Lipinski definition) is 4. The van der Waals surface area contributed by atoms with Crippen molar-refractivity contribution in [2.75, 3.05) is 6.61 Å². The van der Waals surface area contributed by atoms with Crippen molar-refractivity contribution in [3.63, 3.8) is 0 Å². The second-order valence-corrected chi connectivity index (χ2v) is 6.96. The van der Waals surface area contributed by atoms with Gasteiger partial charge in [-0.15, -0.1) is 0 Å². The van der Waals surface area contributed by atoms with E-state index in [9.17, 15) is 9.59 Å². The molecule has 28 heavy (non-hydrogen) atoms. The maximum atomic E-state index is 12.2. The molecule has 1 saturated carbocycles. The van der Waals surface area contributed by atoms with E-state index in [0.717, 1.165) is 5.56 Å². The number of para-hydroxylation sites is 2. The SMILES string of the molecule is O=C(COc1ccccc1OCc1ccccc1)NC1CCC(C(=O)O)CC1. The van der Waals surface area contributed by atoms with Crippen molar-refractivity contribution in [1.29, 1.82) is 0 Å². The maximum absolute atomic E-state index is 12.2. The molecule has 0 spiro atoms. The molecule has 2 aromatic rings. The van der Waals surface area contributed by atoms with Crippen LogP contribution in [0.25, 0.3) is 0 Å². The van der Waals surface area contributed by atoms with Crippen molar-refractivity contribution in [1.82, 2.24) is 5.32 Å². The fraction of sp³-hybridized carbons (Fsp3) is 0.364. The van der Waals surface area contributed by atoms with Crippen LogP contribution in [0.5, 0.6) is 11.5 Å². The third-order valence-electron chi connectivity index (χ3n) is 4.89. The molecule has 0 atom stereocenters. The highest BCUT2D eigenvalue weighted by Crippen LogP contribution is 2.27. The number of carboxylic acids is 1. The molecule has 0 aromatic heterocycles. The summed E-state index contributed by atoms with van der Waals surface area (Å²) >= 11 is 0. The van der Waals surface area contributed by atoms with Gasteiger partial charge in [-0.2, -0.15) is 0 Å². The van der Waals surface area contributed by atoms with Gasteiger partial charge in [-0.3, -0.25) is 9.59 Å². The summed E-state index contributed by atoms with van der Waals surface area (Å²) in [5, 5.41) is 12.0. The van der Waals surface area contributed by atoms with Gasteiger partial charge in [-0.25, -0.2) is 0 Å². The van der Waals surface area contributed by atoms with Crippen molar-refractivity contribution in [3.05, 3.63) is 60.2 Å². The fourth-order valence-corrected chi connectivity index (χ4v) is 3.32. The van der Waals surface area contributed by atoms with E-state index < -0.39 is 5.97 Å². The molecular formula is C22H25NO5. The number of carbonyl (C=O) groups excluding carboxylic acids is 1. The second-order valence-electron chi connectivity index (χ2n) is 6.96. The topological polar surface area (TPSA) is 84.9 Å². The van der Waals surface area contributed by atoms with Gasteiger partial charge in [0, 0.05) is 6.04 Å². The van der Waals surface area contributed by atoms with E-state index in [4.69, 9.17) is 14.6 Å². The Balaban J connectivity index is 1.46. The first-order valence-corrected chi connectivity index (χ1v) is 9.52. The van der Waals surface area contributed by atoms with Gasteiger partial charge < -0.3 is 19.9 Å². The van der Waals surface area contributed by atoms with Gasteiger partial charge >= 0.3 is 5.97 Å². The van der Waals surface area contributed by atoms with Crippen LogP contribution >= 0.6 is 0 Å². The first-order valence-electron chi connectivity index (χ1n) is 9.52. The van der Waals surface area contributed by atoms with Crippen LogP contribution in [-0.2, 0) is 16.2 Å². The minimum atomic E-state index is -0.750. The lowest BCUT2D eigenvalue weighted by molar-refractivity contribution is -0.142. The second kappa shape index (κ2) is 9.78. The van der Waals surface area contributed by atoms with Gasteiger partial charge in [0.2, 0.25) is 0 Å². The van der Waals surface area contributed by atoms with Crippen molar-refractivity contribution >= 4 is 11.9 Å². The maximum Gasteiger partial charge on any atom is 0.306 e. The average molecular weight is 383 g/mol. The summed E-state index contributed by atoms with van der Waals surface area (Å²) in [4.78, 5) is 23.2. The minimum absolute atomic E-state index is 0.0104. The normalized spacial score (nSPS) is 18.9.